The first-order chi connectivity index (χ1) is 8.69. The van der Waals surface area contributed by atoms with E-state index in [0.29, 0.717) is 0 Å². The summed E-state index contributed by atoms with van der Waals surface area (Å²) in [6, 6.07) is 5.82. The van der Waals surface area contributed by atoms with Crippen molar-refractivity contribution in [3.63, 3.8) is 0 Å². The first-order valence-corrected chi connectivity index (χ1v) is 6.48. The number of nitrogens with zero attached hydrogens (tertiary/aromatic N) is 3. The SMILES string of the molecule is CCCc1nc2ccc(Cl)cc2c2cn(C)nc12. The third kappa shape index (κ3) is 1.75. The average molecular weight is 260 g/mol. The summed E-state index contributed by atoms with van der Waals surface area (Å²) in [5, 5.41) is 7.46. The minimum Gasteiger partial charge on any atom is -0.275 e. The molecule has 18 heavy (non-hydrogen) atoms. The van der Waals surface area contributed by atoms with E-state index in [-0.39, 0.29) is 0 Å². The van der Waals surface area contributed by atoms with E-state index in [2.05, 4.69) is 12.0 Å². The first-order valence-electron chi connectivity index (χ1n) is 6.10. The minimum absolute atomic E-state index is 0.734. The van der Waals surface area contributed by atoms with Crippen LogP contribution in [0.15, 0.2) is 24.4 Å². The molecule has 0 saturated carbocycles. The Morgan fingerprint density at radius 3 is 2.89 bits per heavy atom. The molecule has 92 valence electrons. The van der Waals surface area contributed by atoms with Gasteiger partial charge in [0.05, 0.1) is 11.2 Å². The van der Waals surface area contributed by atoms with E-state index in [1.165, 1.54) is 0 Å². The zero-order chi connectivity index (χ0) is 12.7. The van der Waals surface area contributed by atoms with Gasteiger partial charge in [-0.05, 0) is 24.6 Å². The molecule has 0 spiro atoms. The van der Waals surface area contributed by atoms with E-state index < -0.39 is 0 Å². The molecule has 0 saturated heterocycles. The fraction of sp³-hybridized carbons (Fsp3) is 0.286. The number of rotatable bonds is 2. The fourth-order valence-electron chi connectivity index (χ4n) is 2.33. The summed E-state index contributed by atoms with van der Waals surface area (Å²) < 4.78 is 1.84. The zero-order valence-corrected chi connectivity index (χ0v) is 11.2. The summed E-state index contributed by atoms with van der Waals surface area (Å²) in [5.41, 5.74) is 3.06. The van der Waals surface area contributed by atoms with Crippen LogP contribution in [0, 0.1) is 0 Å². The molecular weight excluding hydrogens is 246 g/mol. The van der Waals surface area contributed by atoms with Gasteiger partial charge < -0.3 is 0 Å². The van der Waals surface area contributed by atoms with Gasteiger partial charge in [-0.25, -0.2) is 0 Å². The Balaban J connectivity index is 2.44. The highest BCUT2D eigenvalue weighted by Gasteiger charge is 2.11. The van der Waals surface area contributed by atoms with E-state index in [1.807, 2.05) is 36.1 Å². The number of pyridine rings is 1. The van der Waals surface area contributed by atoms with Gasteiger partial charge in [0, 0.05) is 29.0 Å². The Morgan fingerprint density at radius 2 is 2.11 bits per heavy atom. The summed E-state index contributed by atoms with van der Waals surface area (Å²) >= 11 is 6.07. The largest absolute Gasteiger partial charge is 0.275 e. The number of hydrogen-bond donors (Lipinski definition) is 0. The second-order valence-corrected chi connectivity index (χ2v) is 4.97. The number of aromatic nitrogens is 3. The molecule has 4 heteroatoms. The molecule has 1 aromatic carbocycles. The third-order valence-electron chi connectivity index (χ3n) is 3.09. The predicted octanol–water partition coefficient (Wildman–Crippen LogP) is 3.73. The van der Waals surface area contributed by atoms with E-state index in [4.69, 9.17) is 16.6 Å². The van der Waals surface area contributed by atoms with Crippen LogP contribution in [-0.4, -0.2) is 14.8 Å². The van der Waals surface area contributed by atoms with Crippen LogP contribution < -0.4 is 0 Å². The normalized spacial score (nSPS) is 11.5. The van der Waals surface area contributed by atoms with Gasteiger partial charge in [0.2, 0.25) is 0 Å². The Labute approximate surface area is 110 Å². The minimum atomic E-state index is 0.734. The van der Waals surface area contributed by atoms with Crippen LogP contribution in [0.25, 0.3) is 21.8 Å². The molecule has 0 aliphatic rings. The number of hydrogen-bond acceptors (Lipinski definition) is 2. The molecule has 0 radical (unpaired) electrons. The molecule has 0 unspecified atom stereocenters. The highest BCUT2D eigenvalue weighted by Crippen LogP contribution is 2.28. The van der Waals surface area contributed by atoms with Crippen molar-refractivity contribution in [2.24, 2.45) is 7.05 Å². The smallest absolute Gasteiger partial charge is 0.114 e. The maximum atomic E-state index is 6.07. The maximum Gasteiger partial charge on any atom is 0.114 e. The van der Waals surface area contributed by atoms with Crippen LogP contribution >= 0.6 is 11.6 Å². The topological polar surface area (TPSA) is 30.7 Å². The van der Waals surface area contributed by atoms with Gasteiger partial charge in [-0.15, -0.1) is 0 Å². The Hall–Kier alpha value is -1.61. The Bertz CT molecular complexity index is 731. The Morgan fingerprint density at radius 1 is 1.28 bits per heavy atom. The molecule has 0 fully saturated rings. The molecule has 0 aliphatic carbocycles. The van der Waals surface area contributed by atoms with Gasteiger partial charge in [0.1, 0.15) is 5.52 Å². The lowest BCUT2D eigenvalue weighted by Crippen LogP contribution is -1.94. The second kappa shape index (κ2) is 4.25. The lowest BCUT2D eigenvalue weighted by molar-refractivity contribution is 0.774. The summed E-state index contributed by atoms with van der Waals surface area (Å²) in [6.07, 6.45) is 4.05. The monoisotopic (exact) mass is 259 g/mol. The van der Waals surface area contributed by atoms with E-state index >= 15 is 0 Å². The maximum absolute atomic E-state index is 6.07. The van der Waals surface area contributed by atoms with Crippen molar-refractivity contribution in [3.05, 3.63) is 35.1 Å². The van der Waals surface area contributed by atoms with Crippen molar-refractivity contribution in [3.8, 4) is 0 Å². The van der Waals surface area contributed by atoms with Crippen LogP contribution in [0.5, 0.6) is 0 Å². The highest BCUT2D eigenvalue weighted by atomic mass is 35.5. The molecule has 2 heterocycles. The molecule has 0 bridgehead atoms. The van der Waals surface area contributed by atoms with Crippen molar-refractivity contribution in [1.82, 2.24) is 14.8 Å². The van der Waals surface area contributed by atoms with Gasteiger partial charge in [-0.2, -0.15) is 5.10 Å². The molecule has 0 N–H and O–H groups in total. The van der Waals surface area contributed by atoms with E-state index in [1.54, 1.807) is 0 Å². The van der Waals surface area contributed by atoms with Crippen LogP contribution in [0.3, 0.4) is 0 Å². The predicted molar refractivity (Wildman–Crippen MR) is 75.0 cm³/mol. The molecule has 0 amide bonds. The van der Waals surface area contributed by atoms with Crippen LogP contribution in [0.2, 0.25) is 5.02 Å². The molecule has 3 rings (SSSR count). The highest BCUT2D eigenvalue weighted by molar-refractivity contribution is 6.31. The lowest BCUT2D eigenvalue weighted by Gasteiger charge is -2.04. The van der Waals surface area contributed by atoms with Crippen molar-refractivity contribution in [2.45, 2.75) is 19.8 Å². The zero-order valence-electron chi connectivity index (χ0n) is 10.4. The van der Waals surface area contributed by atoms with Crippen LogP contribution in [0.4, 0.5) is 0 Å². The van der Waals surface area contributed by atoms with E-state index in [9.17, 15) is 0 Å². The quantitative estimate of drug-likeness (QED) is 0.702. The molecule has 0 atom stereocenters. The number of aryl methyl sites for hydroxylation is 2. The van der Waals surface area contributed by atoms with Crippen molar-refractivity contribution in [1.29, 1.82) is 0 Å². The van der Waals surface area contributed by atoms with Gasteiger partial charge in [0.15, 0.2) is 0 Å². The van der Waals surface area contributed by atoms with Crippen molar-refractivity contribution >= 4 is 33.4 Å². The number of fused-ring (bicyclic) bond motifs is 3. The third-order valence-corrected chi connectivity index (χ3v) is 3.33. The Kier molecular flexibility index (Phi) is 2.71. The fourth-order valence-corrected chi connectivity index (χ4v) is 2.50. The number of halogens is 1. The second-order valence-electron chi connectivity index (χ2n) is 4.54. The summed E-state index contributed by atoms with van der Waals surface area (Å²) in [6.45, 7) is 2.16. The molecule has 3 nitrogen and oxygen atoms in total. The van der Waals surface area contributed by atoms with Crippen LogP contribution in [-0.2, 0) is 13.5 Å². The summed E-state index contributed by atoms with van der Waals surface area (Å²) in [7, 11) is 1.94. The average Bonchev–Trinajstić information content (AvgIpc) is 2.73. The molecular formula is C14H14ClN3. The summed E-state index contributed by atoms with van der Waals surface area (Å²) in [4.78, 5) is 4.71. The molecule has 3 aromatic rings. The first kappa shape index (κ1) is 11.5. The summed E-state index contributed by atoms with van der Waals surface area (Å²) in [5.74, 6) is 0. The van der Waals surface area contributed by atoms with Gasteiger partial charge in [0.25, 0.3) is 0 Å². The number of benzene rings is 1. The molecule has 2 aromatic heterocycles. The van der Waals surface area contributed by atoms with Gasteiger partial charge >= 0.3 is 0 Å². The standard InChI is InChI=1S/C14H14ClN3/c1-3-4-13-14-11(8-18(2)17-14)10-7-9(15)5-6-12(10)16-13/h5-8H,3-4H2,1-2H3. The van der Waals surface area contributed by atoms with E-state index in [0.717, 1.165) is 45.4 Å². The molecule has 0 aliphatic heterocycles. The van der Waals surface area contributed by atoms with Gasteiger partial charge in [-0.1, -0.05) is 24.9 Å². The van der Waals surface area contributed by atoms with Crippen molar-refractivity contribution in [2.75, 3.05) is 0 Å². The van der Waals surface area contributed by atoms with Gasteiger partial charge in [-0.3, -0.25) is 9.67 Å². The lowest BCUT2D eigenvalue weighted by atomic mass is 10.1. The van der Waals surface area contributed by atoms with Crippen molar-refractivity contribution < 1.29 is 0 Å². The van der Waals surface area contributed by atoms with Crippen LogP contribution in [0.1, 0.15) is 19.0 Å².